The van der Waals surface area contributed by atoms with Crippen molar-refractivity contribution < 1.29 is 5.11 Å². The number of nitrogens with one attached hydrogen (secondary N) is 1. The van der Waals surface area contributed by atoms with E-state index in [1.807, 2.05) is 12.1 Å². The molecule has 0 saturated carbocycles. The summed E-state index contributed by atoms with van der Waals surface area (Å²) < 4.78 is 0. The monoisotopic (exact) mass is 368 g/mol. The molecule has 6 heteroatoms. The molecule has 0 unspecified atom stereocenters. The van der Waals surface area contributed by atoms with Crippen LogP contribution in [0.3, 0.4) is 0 Å². The molecule has 1 fully saturated rings. The van der Waals surface area contributed by atoms with Gasteiger partial charge in [0.1, 0.15) is 5.75 Å². The Morgan fingerprint density at radius 2 is 1.82 bits per heavy atom. The lowest BCUT2D eigenvalue weighted by molar-refractivity contribution is 0.157. The van der Waals surface area contributed by atoms with Gasteiger partial charge < -0.3 is 10.4 Å². The second-order valence-corrected chi connectivity index (χ2v) is 6.36. The molecule has 0 aliphatic carbocycles. The molecule has 1 heterocycles. The molecular formula is C16H27Cl3N2O. The van der Waals surface area contributed by atoms with Gasteiger partial charge in [-0.3, -0.25) is 4.90 Å². The van der Waals surface area contributed by atoms with E-state index in [9.17, 15) is 5.11 Å². The molecule has 1 aromatic rings. The zero-order valence-electron chi connectivity index (χ0n) is 13.2. The van der Waals surface area contributed by atoms with Crippen molar-refractivity contribution >= 4 is 36.4 Å². The van der Waals surface area contributed by atoms with Crippen LogP contribution in [0.25, 0.3) is 0 Å². The molecule has 1 aliphatic heterocycles. The van der Waals surface area contributed by atoms with Gasteiger partial charge in [-0.25, -0.2) is 0 Å². The third kappa shape index (κ3) is 5.78. The zero-order chi connectivity index (χ0) is 14.5. The second-order valence-electron chi connectivity index (χ2n) is 5.95. The fourth-order valence-corrected chi connectivity index (χ4v) is 3.00. The molecule has 128 valence electrons. The molecule has 1 saturated heterocycles. The smallest absolute Gasteiger partial charge is 0.138 e. The summed E-state index contributed by atoms with van der Waals surface area (Å²) >= 11 is 6.08. The number of phenols is 1. The van der Waals surface area contributed by atoms with Crippen LogP contribution in [0.15, 0.2) is 18.2 Å². The highest BCUT2D eigenvalue weighted by Crippen LogP contribution is 2.37. The molecule has 1 aromatic carbocycles. The van der Waals surface area contributed by atoms with Crippen LogP contribution in [0.4, 0.5) is 0 Å². The lowest BCUT2D eigenvalue weighted by Gasteiger charge is -2.36. The number of nitrogens with zero attached hydrogens (tertiary/aromatic N) is 1. The van der Waals surface area contributed by atoms with Crippen molar-refractivity contribution in [1.29, 1.82) is 0 Å². The van der Waals surface area contributed by atoms with Crippen LogP contribution in [0.1, 0.15) is 38.3 Å². The summed E-state index contributed by atoms with van der Waals surface area (Å²) in [6, 6.07) is 5.95. The van der Waals surface area contributed by atoms with Crippen LogP contribution in [0, 0.1) is 5.92 Å². The minimum Gasteiger partial charge on any atom is -0.506 e. The summed E-state index contributed by atoms with van der Waals surface area (Å²) in [7, 11) is 0. The lowest BCUT2D eigenvalue weighted by atomic mass is 9.95. The van der Waals surface area contributed by atoms with Crippen LogP contribution in [-0.2, 0) is 0 Å². The quantitative estimate of drug-likeness (QED) is 0.813. The highest BCUT2D eigenvalue weighted by atomic mass is 35.5. The van der Waals surface area contributed by atoms with E-state index in [2.05, 4.69) is 24.1 Å². The van der Waals surface area contributed by atoms with Crippen molar-refractivity contribution in [2.75, 3.05) is 26.2 Å². The van der Waals surface area contributed by atoms with E-state index in [0.717, 1.165) is 44.6 Å². The normalized spacial score (nSPS) is 16.7. The predicted octanol–water partition coefficient (Wildman–Crippen LogP) is 4.27. The summed E-state index contributed by atoms with van der Waals surface area (Å²) in [4.78, 5) is 2.46. The Bertz CT molecular complexity index is 437. The van der Waals surface area contributed by atoms with Gasteiger partial charge >= 0.3 is 0 Å². The Balaban J connectivity index is 0.00000220. The highest BCUT2D eigenvalue weighted by molar-refractivity contribution is 6.32. The minimum absolute atomic E-state index is 0. The molecule has 0 spiro atoms. The van der Waals surface area contributed by atoms with Crippen LogP contribution in [0.2, 0.25) is 5.02 Å². The summed E-state index contributed by atoms with van der Waals surface area (Å²) in [5.74, 6) is 0.920. The first-order chi connectivity index (χ1) is 9.59. The Labute approximate surface area is 151 Å². The summed E-state index contributed by atoms with van der Waals surface area (Å²) in [5.41, 5.74) is 0.972. The Kier molecular flexibility index (Phi) is 10.5. The average molecular weight is 370 g/mol. The maximum atomic E-state index is 10.3. The van der Waals surface area contributed by atoms with E-state index in [-0.39, 0.29) is 36.6 Å². The first kappa shape index (κ1) is 21.8. The van der Waals surface area contributed by atoms with E-state index in [1.165, 1.54) is 0 Å². The minimum atomic E-state index is 0. The summed E-state index contributed by atoms with van der Waals surface area (Å²) in [6.45, 7) is 8.56. The van der Waals surface area contributed by atoms with Gasteiger partial charge in [-0.1, -0.05) is 37.6 Å². The number of phenolic OH excluding ortho intramolecular Hbond substituents is 1. The van der Waals surface area contributed by atoms with E-state index in [0.29, 0.717) is 10.9 Å². The van der Waals surface area contributed by atoms with Gasteiger partial charge in [0, 0.05) is 37.8 Å². The standard InChI is InChI=1S/C16H25ClN2O.2ClH/c1-12(2)6-7-15(19-10-8-18-9-11-19)13-4-3-5-14(17)16(13)20;;/h3-5,12,15,18,20H,6-11H2,1-2H3;2*1H/t15-;;/m1../s1. The molecule has 2 N–H and O–H groups in total. The van der Waals surface area contributed by atoms with Crippen LogP contribution < -0.4 is 5.32 Å². The predicted molar refractivity (Wildman–Crippen MR) is 98.9 cm³/mol. The molecule has 2 rings (SSSR count). The molecule has 22 heavy (non-hydrogen) atoms. The van der Waals surface area contributed by atoms with Gasteiger partial charge in [-0.15, -0.1) is 24.8 Å². The van der Waals surface area contributed by atoms with E-state index < -0.39 is 0 Å². The van der Waals surface area contributed by atoms with Gasteiger partial charge in [0.15, 0.2) is 0 Å². The van der Waals surface area contributed by atoms with Crippen molar-refractivity contribution in [3.05, 3.63) is 28.8 Å². The van der Waals surface area contributed by atoms with Crippen molar-refractivity contribution in [2.24, 2.45) is 5.92 Å². The highest BCUT2D eigenvalue weighted by Gasteiger charge is 2.25. The molecule has 1 aliphatic rings. The molecular weight excluding hydrogens is 343 g/mol. The number of rotatable bonds is 5. The Morgan fingerprint density at radius 3 is 2.41 bits per heavy atom. The number of para-hydroxylation sites is 1. The maximum absolute atomic E-state index is 10.3. The Morgan fingerprint density at radius 1 is 1.18 bits per heavy atom. The molecule has 0 radical (unpaired) electrons. The van der Waals surface area contributed by atoms with E-state index in [1.54, 1.807) is 6.07 Å². The fraction of sp³-hybridized carbons (Fsp3) is 0.625. The second kappa shape index (κ2) is 10.6. The molecule has 0 amide bonds. The van der Waals surface area contributed by atoms with E-state index >= 15 is 0 Å². The van der Waals surface area contributed by atoms with Gasteiger partial charge in [0.05, 0.1) is 5.02 Å². The van der Waals surface area contributed by atoms with Gasteiger partial charge in [-0.2, -0.15) is 0 Å². The number of aromatic hydroxyl groups is 1. The van der Waals surface area contributed by atoms with Gasteiger partial charge in [0.25, 0.3) is 0 Å². The first-order valence-corrected chi connectivity index (χ1v) is 7.89. The van der Waals surface area contributed by atoms with Crippen molar-refractivity contribution in [3.8, 4) is 5.75 Å². The number of halogens is 3. The average Bonchev–Trinajstić information content (AvgIpc) is 2.44. The number of piperazine rings is 1. The van der Waals surface area contributed by atoms with Gasteiger partial charge in [0.2, 0.25) is 0 Å². The first-order valence-electron chi connectivity index (χ1n) is 7.51. The molecule has 3 nitrogen and oxygen atoms in total. The third-order valence-electron chi connectivity index (χ3n) is 3.99. The zero-order valence-corrected chi connectivity index (χ0v) is 15.6. The molecule has 0 bridgehead atoms. The Hall–Kier alpha value is -0.190. The molecule has 0 aromatic heterocycles. The number of hydrogen-bond acceptors (Lipinski definition) is 3. The lowest BCUT2D eigenvalue weighted by Crippen LogP contribution is -2.45. The summed E-state index contributed by atoms with van der Waals surface area (Å²) in [5, 5.41) is 14.1. The van der Waals surface area contributed by atoms with Crippen molar-refractivity contribution in [2.45, 2.75) is 32.7 Å². The largest absolute Gasteiger partial charge is 0.506 e. The molecule has 1 atom stereocenters. The third-order valence-corrected chi connectivity index (χ3v) is 4.29. The van der Waals surface area contributed by atoms with Gasteiger partial charge in [-0.05, 0) is 24.8 Å². The van der Waals surface area contributed by atoms with Crippen molar-refractivity contribution in [1.82, 2.24) is 10.2 Å². The van der Waals surface area contributed by atoms with Crippen LogP contribution in [-0.4, -0.2) is 36.2 Å². The fourth-order valence-electron chi connectivity index (χ4n) is 2.82. The topological polar surface area (TPSA) is 35.5 Å². The van der Waals surface area contributed by atoms with Crippen LogP contribution in [0.5, 0.6) is 5.75 Å². The van der Waals surface area contributed by atoms with E-state index in [4.69, 9.17) is 11.6 Å². The number of hydrogen-bond donors (Lipinski definition) is 2. The van der Waals surface area contributed by atoms with Crippen molar-refractivity contribution in [3.63, 3.8) is 0 Å². The summed E-state index contributed by atoms with van der Waals surface area (Å²) in [6.07, 6.45) is 2.21. The maximum Gasteiger partial charge on any atom is 0.138 e. The van der Waals surface area contributed by atoms with Crippen LogP contribution >= 0.6 is 36.4 Å². The number of benzene rings is 1. The SMILES string of the molecule is CC(C)CC[C@H](c1cccc(Cl)c1O)N1CCNCC1.Cl.Cl.